The molecule has 1 heterocycles. The molecule has 11 heavy (non-hydrogen) atoms. The lowest BCUT2D eigenvalue weighted by molar-refractivity contribution is -0.124. The first kappa shape index (κ1) is 8.72. The van der Waals surface area contributed by atoms with Crippen molar-refractivity contribution in [3.05, 3.63) is 0 Å². The number of piperidine rings is 1. The van der Waals surface area contributed by atoms with E-state index >= 15 is 0 Å². The summed E-state index contributed by atoms with van der Waals surface area (Å²) in [4.78, 5) is 11.3. The topological polar surface area (TPSA) is 29.1 Å². The summed E-state index contributed by atoms with van der Waals surface area (Å²) in [5.41, 5.74) is -0.0301. The van der Waals surface area contributed by atoms with Crippen molar-refractivity contribution in [3.8, 4) is 0 Å². The quantitative estimate of drug-likeness (QED) is 0.538. The van der Waals surface area contributed by atoms with Gasteiger partial charge in [0.2, 0.25) is 0 Å². The van der Waals surface area contributed by atoms with E-state index in [4.69, 9.17) is 0 Å². The Bertz CT molecular complexity index is 164. The fraction of sp³-hybridized carbons (Fsp3) is 0.889. The first-order valence-electron chi connectivity index (χ1n) is 4.12. The zero-order valence-corrected chi connectivity index (χ0v) is 7.82. The molecule has 0 aromatic rings. The van der Waals surface area contributed by atoms with Gasteiger partial charge in [0.25, 0.3) is 0 Å². The van der Waals surface area contributed by atoms with Crippen LogP contribution in [-0.4, -0.2) is 16.9 Å². The van der Waals surface area contributed by atoms with E-state index in [2.05, 4.69) is 33.0 Å². The minimum atomic E-state index is -0.0150. The van der Waals surface area contributed by atoms with Crippen LogP contribution in [0.25, 0.3) is 0 Å². The molecule has 1 aliphatic heterocycles. The van der Waals surface area contributed by atoms with Gasteiger partial charge in [0, 0.05) is 23.9 Å². The smallest absolute Gasteiger partial charge is 0.136 e. The van der Waals surface area contributed by atoms with Gasteiger partial charge >= 0.3 is 0 Å². The highest BCUT2D eigenvalue weighted by atomic mass is 16.1. The normalized spacial score (nSPS) is 28.5. The highest BCUT2D eigenvalue weighted by Gasteiger charge is 2.36. The molecule has 1 aliphatic rings. The monoisotopic (exact) mass is 156 g/mol. The maximum Gasteiger partial charge on any atom is 0.136 e. The fourth-order valence-corrected chi connectivity index (χ4v) is 2.05. The number of ketones is 1. The van der Waals surface area contributed by atoms with E-state index in [0.29, 0.717) is 18.6 Å². The zero-order chi connectivity index (χ0) is 8.70. The average molecular weight is 156 g/mol. The molecule has 0 atom stereocenters. The summed E-state index contributed by atoms with van der Waals surface area (Å²) in [6, 6.07) is 0. The predicted molar refractivity (Wildman–Crippen MR) is 45.5 cm³/mol. The van der Waals surface area contributed by atoms with Crippen LogP contribution in [0, 0.1) is 0 Å². The van der Waals surface area contributed by atoms with Gasteiger partial charge in [0.15, 0.2) is 0 Å². The fourth-order valence-electron chi connectivity index (χ4n) is 2.05. The third-order valence-corrected chi connectivity index (χ3v) is 1.95. The van der Waals surface area contributed by atoms with Crippen molar-refractivity contribution in [2.45, 2.75) is 51.6 Å². The van der Waals surface area contributed by atoms with Crippen LogP contribution in [0.15, 0.2) is 0 Å². The maximum absolute atomic E-state index is 11.3. The Balaban J connectivity index is 2.74. The van der Waals surface area contributed by atoms with Crippen molar-refractivity contribution in [1.29, 1.82) is 0 Å². The van der Waals surface area contributed by atoms with Crippen LogP contribution < -0.4 is 5.32 Å². The van der Waals surface area contributed by atoms with Gasteiger partial charge in [-0.05, 0) is 27.7 Å². The van der Waals surface area contributed by atoms with Crippen LogP contribution in [0.5, 0.6) is 0 Å². The molecule has 0 saturated carbocycles. The molecule has 1 saturated heterocycles. The van der Waals surface area contributed by atoms with E-state index in [-0.39, 0.29) is 11.1 Å². The zero-order valence-electron chi connectivity index (χ0n) is 7.82. The van der Waals surface area contributed by atoms with E-state index in [9.17, 15) is 4.79 Å². The van der Waals surface area contributed by atoms with E-state index in [1.807, 2.05) is 0 Å². The molecule has 0 unspecified atom stereocenters. The van der Waals surface area contributed by atoms with Crippen LogP contribution in [0.2, 0.25) is 0 Å². The summed E-state index contributed by atoms with van der Waals surface area (Å²) in [6.07, 6.45) is 1.33. The molecule has 0 amide bonds. The molecular formula is C9H17NO. The molecule has 0 aromatic carbocycles. The summed E-state index contributed by atoms with van der Waals surface area (Å²) >= 11 is 0. The summed E-state index contributed by atoms with van der Waals surface area (Å²) in [7, 11) is 0. The van der Waals surface area contributed by atoms with Crippen molar-refractivity contribution in [3.63, 3.8) is 0 Å². The Labute approximate surface area is 68.4 Å². The van der Waals surface area contributed by atoms with Gasteiger partial charge in [0.05, 0.1) is 0 Å². The summed E-state index contributed by atoms with van der Waals surface area (Å²) in [5, 5.41) is 3.44. The van der Waals surface area contributed by atoms with Crippen LogP contribution in [0.4, 0.5) is 0 Å². The Kier molecular flexibility index (Phi) is 1.83. The van der Waals surface area contributed by atoms with E-state index in [1.165, 1.54) is 0 Å². The lowest BCUT2D eigenvalue weighted by Gasteiger charge is -2.41. The Morgan fingerprint density at radius 1 is 1.09 bits per heavy atom. The number of Topliss-reactive ketones (excluding diaryl/α,β-unsaturated/α-hetero) is 1. The maximum atomic E-state index is 11.3. The third-order valence-electron chi connectivity index (χ3n) is 1.95. The van der Waals surface area contributed by atoms with Gasteiger partial charge in [-0.25, -0.2) is 0 Å². The Morgan fingerprint density at radius 2 is 1.45 bits per heavy atom. The number of nitrogens with one attached hydrogen (secondary N) is 1. The van der Waals surface area contributed by atoms with Crippen LogP contribution in [0.1, 0.15) is 40.5 Å². The molecule has 0 aliphatic carbocycles. The Hall–Kier alpha value is -0.370. The first-order chi connectivity index (χ1) is 4.81. The SMILES string of the molecule is CC1(C)CC(=O)CC(C)(C)[15NH]1. The number of hydrogen-bond acceptors (Lipinski definition) is 2. The standard InChI is InChI=1S/C9H17NO/c1-8(2)5-7(11)6-9(3,4)10-8/h10H,5-6H2,1-4H3/i10+1. The first-order valence-corrected chi connectivity index (χ1v) is 4.12. The van der Waals surface area contributed by atoms with Crippen molar-refractivity contribution in [1.82, 2.24) is 5.32 Å². The summed E-state index contributed by atoms with van der Waals surface area (Å²) in [6.45, 7) is 8.30. The second-order valence-electron chi connectivity index (χ2n) is 4.78. The van der Waals surface area contributed by atoms with Crippen molar-refractivity contribution in [2.75, 3.05) is 0 Å². The average Bonchev–Trinajstić information content (AvgIpc) is 1.49. The lowest BCUT2D eigenvalue weighted by atomic mass is 9.86. The molecular weight excluding hydrogens is 139 g/mol. The van der Waals surface area contributed by atoms with Crippen LogP contribution >= 0.6 is 0 Å². The van der Waals surface area contributed by atoms with Gasteiger partial charge in [-0.3, -0.25) is 4.79 Å². The largest absolute Gasteiger partial charge is 0.306 e. The van der Waals surface area contributed by atoms with Crippen molar-refractivity contribution < 1.29 is 4.79 Å². The molecule has 0 radical (unpaired) electrons. The number of carbonyl (C=O) groups excluding carboxylic acids is 1. The summed E-state index contributed by atoms with van der Waals surface area (Å²) < 4.78 is 0. The third kappa shape index (κ3) is 2.29. The molecule has 64 valence electrons. The molecule has 0 aromatic heterocycles. The van der Waals surface area contributed by atoms with Gasteiger partial charge in [-0.1, -0.05) is 0 Å². The minimum absolute atomic E-state index is 0.0150. The minimum Gasteiger partial charge on any atom is -0.306 e. The van der Waals surface area contributed by atoms with E-state index < -0.39 is 0 Å². The second-order valence-corrected chi connectivity index (χ2v) is 4.78. The molecule has 2 heteroatoms. The molecule has 1 fully saturated rings. The van der Waals surface area contributed by atoms with Gasteiger partial charge in [-0.15, -0.1) is 0 Å². The predicted octanol–water partition coefficient (Wildman–Crippen LogP) is 1.50. The number of rotatable bonds is 0. The molecule has 0 spiro atoms. The number of carbonyl (C=O) groups is 1. The second kappa shape index (κ2) is 2.31. The van der Waals surface area contributed by atoms with Crippen LogP contribution in [0.3, 0.4) is 0 Å². The van der Waals surface area contributed by atoms with Crippen molar-refractivity contribution in [2.24, 2.45) is 0 Å². The van der Waals surface area contributed by atoms with Gasteiger partial charge in [0.1, 0.15) is 5.78 Å². The van der Waals surface area contributed by atoms with Gasteiger partial charge in [-0.2, -0.15) is 0 Å². The molecule has 0 bridgehead atoms. The lowest BCUT2D eigenvalue weighted by Crippen LogP contribution is -2.58. The Morgan fingerprint density at radius 3 is 1.73 bits per heavy atom. The molecule has 1 N–H and O–H groups in total. The van der Waals surface area contributed by atoms with Gasteiger partial charge < -0.3 is 5.32 Å². The highest BCUT2D eigenvalue weighted by molar-refractivity contribution is 5.81. The van der Waals surface area contributed by atoms with E-state index in [0.717, 1.165) is 0 Å². The van der Waals surface area contributed by atoms with E-state index in [1.54, 1.807) is 0 Å². The summed E-state index contributed by atoms with van der Waals surface area (Å²) in [5.74, 6) is 0.374. The highest BCUT2D eigenvalue weighted by Crippen LogP contribution is 2.25. The van der Waals surface area contributed by atoms with Crippen molar-refractivity contribution >= 4 is 5.78 Å². The molecule has 2 nitrogen and oxygen atoms in total. The van der Waals surface area contributed by atoms with Crippen LogP contribution in [-0.2, 0) is 4.79 Å². The number of hydrogen-bond donors (Lipinski definition) is 1. The molecule has 1 rings (SSSR count).